The van der Waals surface area contributed by atoms with E-state index < -0.39 is 0 Å². The van der Waals surface area contributed by atoms with E-state index in [1.165, 1.54) is 33.9 Å². The first-order valence-electron chi connectivity index (χ1n) is 20.4. The van der Waals surface area contributed by atoms with Crippen LogP contribution in [-0.2, 0) is 0 Å². The lowest BCUT2D eigenvalue weighted by atomic mass is 9.90. The summed E-state index contributed by atoms with van der Waals surface area (Å²) in [6.45, 7) is 0. The van der Waals surface area contributed by atoms with Crippen LogP contribution in [0, 0.1) is 5.82 Å². The fourth-order valence-corrected chi connectivity index (χ4v) is 8.39. The van der Waals surface area contributed by atoms with Crippen molar-refractivity contribution in [3.63, 3.8) is 0 Å². The van der Waals surface area contributed by atoms with Gasteiger partial charge in [0.15, 0.2) is 0 Å². The molecule has 284 valence electrons. The molecule has 0 aliphatic heterocycles. The summed E-state index contributed by atoms with van der Waals surface area (Å²) in [5.41, 5.74) is 16.1. The molecule has 0 aliphatic carbocycles. The van der Waals surface area contributed by atoms with Gasteiger partial charge in [-0.3, -0.25) is 0 Å². The Labute approximate surface area is 350 Å². The molecule has 0 fully saturated rings. The van der Waals surface area contributed by atoms with Crippen molar-refractivity contribution < 1.29 is 4.39 Å². The van der Waals surface area contributed by atoms with Crippen LogP contribution in [0.5, 0.6) is 0 Å². The highest BCUT2D eigenvalue weighted by atomic mass is 19.1. The van der Waals surface area contributed by atoms with Gasteiger partial charge in [-0.25, -0.2) is 4.39 Å². The lowest BCUT2D eigenvalue weighted by Crippen LogP contribution is -2.11. The first-order valence-corrected chi connectivity index (χ1v) is 20.4. The molecular formula is C58H40FN. The highest BCUT2D eigenvalue weighted by Gasteiger charge is 2.20. The lowest BCUT2D eigenvalue weighted by Gasteiger charge is -2.29. The minimum Gasteiger partial charge on any atom is -0.310 e. The molecule has 10 aromatic carbocycles. The summed E-state index contributed by atoms with van der Waals surface area (Å²) in [7, 11) is 0. The van der Waals surface area contributed by atoms with Crippen LogP contribution in [0.1, 0.15) is 0 Å². The summed E-state index contributed by atoms with van der Waals surface area (Å²) in [6, 6.07) is 84.3. The quantitative estimate of drug-likeness (QED) is 0.141. The van der Waals surface area contributed by atoms with E-state index >= 15 is 4.39 Å². The molecule has 10 rings (SSSR count). The van der Waals surface area contributed by atoms with Crippen LogP contribution in [0.25, 0.3) is 77.5 Å². The number of hydrogen-bond donors (Lipinski definition) is 0. The average Bonchev–Trinajstić information content (AvgIpc) is 3.33. The number of hydrogen-bond acceptors (Lipinski definition) is 1. The second kappa shape index (κ2) is 16.2. The molecule has 0 N–H and O–H groups in total. The topological polar surface area (TPSA) is 3.24 Å². The van der Waals surface area contributed by atoms with Gasteiger partial charge >= 0.3 is 0 Å². The number of para-hydroxylation sites is 1. The van der Waals surface area contributed by atoms with Crippen molar-refractivity contribution in [2.24, 2.45) is 0 Å². The highest BCUT2D eigenvalue weighted by molar-refractivity contribution is 6.09. The van der Waals surface area contributed by atoms with E-state index in [0.717, 1.165) is 61.2 Å². The van der Waals surface area contributed by atoms with Crippen molar-refractivity contribution in [1.29, 1.82) is 0 Å². The van der Waals surface area contributed by atoms with Gasteiger partial charge < -0.3 is 4.90 Å². The van der Waals surface area contributed by atoms with Crippen molar-refractivity contribution in [3.8, 4) is 66.8 Å². The summed E-state index contributed by atoms with van der Waals surface area (Å²) in [5.74, 6) is -0.236. The van der Waals surface area contributed by atoms with E-state index in [1.807, 2.05) is 30.3 Å². The Morgan fingerprint density at radius 1 is 0.267 bits per heavy atom. The molecule has 2 heteroatoms. The van der Waals surface area contributed by atoms with Crippen molar-refractivity contribution in [2.45, 2.75) is 0 Å². The first kappa shape index (κ1) is 36.5. The third kappa shape index (κ3) is 7.16. The number of rotatable bonds is 9. The van der Waals surface area contributed by atoms with Crippen LogP contribution in [-0.4, -0.2) is 0 Å². The molecule has 0 saturated heterocycles. The Balaban J connectivity index is 1.06. The molecule has 0 amide bonds. The summed E-state index contributed by atoms with van der Waals surface area (Å²) in [4.78, 5) is 2.33. The Morgan fingerprint density at radius 3 is 1.18 bits per heavy atom. The molecule has 0 unspecified atom stereocenters. The molecule has 0 aromatic heterocycles. The van der Waals surface area contributed by atoms with Crippen LogP contribution in [0.2, 0.25) is 0 Å². The predicted octanol–water partition coefficient (Wildman–Crippen LogP) is 16.5. The molecule has 0 atom stereocenters. The lowest BCUT2D eigenvalue weighted by molar-refractivity contribution is 0.631. The van der Waals surface area contributed by atoms with Gasteiger partial charge in [0.2, 0.25) is 0 Å². The highest BCUT2D eigenvalue weighted by Crippen LogP contribution is 2.45. The Hall–Kier alpha value is -7.81. The number of fused-ring (bicyclic) bond motifs is 1. The molecule has 0 radical (unpaired) electrons. The predicted molar refractivity (Wildman–Crippen MR) is 251 cm³/mol. The Bertz CT molecular complexity index is 3060. The van der Waals surface area contributed by atoms with Crippen LogP contribution in [0.3, 0.4) is 0 Å². The van der Waals surface area contributed by atoms with Gasteiger partial charge in [-0.1, -0.05) is 200 Å². The number of anilines is 3. The van der Waals surface area contributed by atoms with Crippen molar-refractivity contribution in [2.75, 3.05) is 4.90 Å². The normalized spacial score (nSPS) is 11.1. The summed E-state index contributed by atoms with van der Waals surface area (Å²) >= 11 is 0. The van der Waals surface area contributed by atoms with Gasteiger partial charge in [0.25, 0.3) is 0 Å². The van der Waals surface area contributed by atoms with Gasteiger partial charge in [0.05, 0.1) is 5.69 Å². The monoisotopic (exact) mass is 769 g/mol. The van der Waals surface area contributed by atoms with Crippen molar-refractivity contribution >= 4 is 27.8 Å². The standard InChI is InChI=1S/C58H40FN/c59-56-26-9-7-22-52(56)54-24-12-18-47-19-13-25-55(58(47)54)53-23-8-10-27-57(53)60(50-36-32-44(33-37-50)41-14-3-1-4-15-41)51-38-34-45(35-39-51)43-28-30-46(31-29-43)49-21-11-20-48(40-49)42-16-5-2-6-17-42/h1-40H. The van der Waals surface area contributed by atoms with E-state index in [2.05, 4.69) is 205 Å². The zero-order valence-corrected chi connectivity index (χ0v) is 32.9. The number of nitrogens with zero attached hydrogens (tertiary/aromatic N) is 1. The summed E-state index contributed by atoms with van der Waals surface area (Å²) in [5, 5.41) is 2.07. The van der Waals surface area contributed by atoms with E-state index in [-0.39, 0.29) is 5.82 Å². The molecule has 0 bridgehead atoms. The fraction of sp³-hybridized carbons (Fsp3) is 0. The molecule has 0 saturated carbocycles. The minimum absolute atomic E-state index is 0.236. The van der Waals surface area contributed by atoms with Crippen LogP contribution >= 0.6 is 0 Å². The summed E-state index contributed by atoms with van der Waals surface area (Å²) < 4.78 is 15.5. The maximum atomic E-state index is 15.5. The third-order valence-corrected chi connectivity index (χ3v) is 11.4. The number of benzene rings is 10. The van der Waals surface area contributed by atoms with E-state index in [9.17, 15) is 0 Å². The Morgan fingerprint density at radius 2 is 0.633 bits per heavy atom. The van der Waals surface area contributed by atoms with Gasteiger partial charge in [-0.15, -0.1) is 0 Å². The van der Waals surface area contributed by atoms with E-state index in [0.29, 0.717) is 5.56 Å². The zero-order valence-electron chi connectivity index (χ0n) is 32.9. The van der Waals surface area contributed by atoms with Crippen LogP contribution in [0.15, 0.2) is 243 Å². The molecule has 1 nitrogen and oxygen atoms in total. The first-order chi connectivity index (χ1) is 29.7. The third-order valence-electron chi connectivity index (χ3n) is 11.4. The fourth-order valence-electron chi connectivity index (χ4n) is 8.39. The Kier molecular flexibility index (Phi) is 9.87. The number of halogens is 1. The summed E-state index contributed by atoms with van der Waals surface area (Å²) in [6.07, 6.45) is 0. The van der Waals surface area contributed by atoms with E-state index in [1.54, 1.807) is 6.07 Å². The van der Waals surface area contributed by atoms with Crippen molar-refractivity contribution in [3.05, 3.63) is 248 Å². The molecule has 10 aromatic rings. The van der Waals surface area contributed by atoms with Gasteiger partial charge in [-0.05, 0) is 109 Å². The van der Waals surface area contributed by atoms with Gasteiger partial charge in [-0.2, -0.15) is 0 Å². The maximum absolute atomic E-state index is 15.5. The second-order valence-electron chi connectivity index (χ2n) is 15.0. The van der Waals surface area contributed by atoms with Gasteiger partial charge in [0.1, 0.15) is 5.82 Å². The molecule has 0 spiro atoms. The van der Waals surface area contributed by atoms with Gasteiger partial charge in [0, 0.05) is 22.5 Å². The zero-order chi connectivity index (χ0) is 40.3. The largest absolute Gasteiger partial charge is 0.310 e. The maximum Gasteiger partial charge on any atom is 0.131 e. The minimum atomic E-state index is -0.236. The smallest absolute Gasteiger partial charge is 0.131 e. The second-order valence-corrected chi connectivity index (χ2v) is 15.0. The molecular weight excluding hydrogens is 730 g/mol. The SMILES string of the molecule is Fc1ccccc1-c1cccc2cccc(-c3ccccc3N(c3ccc(-c4ccccc4)cc3)c3ccc(-c4ccc(-c5cccc(-c6ccccc6)c5)cc4)cc3)c12. The van der Waals surface area contributed by atoms with Crippen molar-refractivity contribution in [1.82, 2.24) is 0 Å². The average molecular weight is 770 g/mol. The van der Waals surface area contributed by atoms with Crippen LogP contribution < -0.4 is 4.90 Å². The van der Waals surface area contributed by atoms with Crippen LogP contribution in [0.4, 0.5) is 21.5 Å². The van der Waals surface area contributed by atoms with E-state index in [4.69, 9.17) is 0 Å². The molecule has 0 heterocycles. The molecule has 60 heavy (non-hydrogen) atoms. The molecule has 0 aliphatic rings.